The van der Waals surface area contributed by atoms with Gasteiger partial charge in [-0.1, -0.05) is 41.5 Å². The highest BCUT2D eigenvalue weighted by Gasteiger charge is 2.40. The van der Waals surface area contributed by atoms with E-state index in [1.807, 2.05) is 30.3 Å². The zero-order valence-electron chi connectivity index (χ0n) is 12.0. The Hall–Kier alpha value is -2.79. The SMILES string of the molecule is C=CC[C@@H](N=[N+]=[N-])C(=O)N1C(=O)OC[C@@H]1Cc1ccccc1. The molecule has 7 nitrogen and oxygen atoms in total. The van der Waals surface area contributed by atoms with E-state index >= 15 is 0 Å². The van der Waals surface area contributed by atoms with Gasteiger partial charge in [0.25, 0.3) is 0 Å². The fourth-order valence-corrected chi connectivity index (χ4v) is 2.35. The average Bonchev–Trinajstić information content (AvgIpc) is 2.88. The molecule has 2 rings (SSSR count). The minimum atomic E-state index is -0.980. The van der Waals surface area contributed by atoms with Crippen LogP contribution in [0, 0.1) is 0 Å². The van der Waals surface area contributed by atoms with Crippen LogP contribution in [0.5, 0.6) is 0 Å². The monoisotopic (exact) mass is 300 g/mol. The lowest BCUT2D eigenvalue weighted by atomic mass is 10.0. The highest BCUT2D eigenvalue weighted by molar-refractivity contribution is 5.96. The van der Waals surface area contributed by atoms with E-state index in [0.29, 0.717) is 6.42 Å². The molecule has 1 heterocycles. The van der Waals surface area contributed by atoms with Crippen LogP contribution in [0.15, 0.2) is 48.1 Å². The van der Waals surface area contributed by atoms with Crippen LogP contribution in [0.1, 0.15) is 12.0 Å². The van der Waals surface area contributed by atoms with E-state index in [0.717, 1.165) is 10.5 Å². The van der Waals surface area contributed by atoms with Gasteiger partial charge in [0.2, 0.25) is 5.91 Å². The van der Waals surface area contributed by atoms with Crippen LogP contribution in [0.2, 0.25) is 0 Å². The van der Waals surface area contributed by atoms with Crippen molar-refractivity contribution in [1.29, 1.82) is 0 Å². The average molecular weight is 300 g/mol. The second-order valence-electron chi connectivity index (χ2n) is 4.87. The number of rotatable bonds is 6. The number of benzene rings is 1. The van der Waals surface area contributed by atoms with Gasteiger partial charge in [0.15, 0.2) is 0 Å². The molecule has 0 N–H and O–H groups in total. The number of carbonyl (C=O) groups excluding carboxylic acids is 2. The van der Waals surface area contributed by atoms with E-state index in [-0.39, 0.29) is 13.0 Å². The van der Waals surface area contributed by atoms with Crippen molar-refractivity contribution < 1.29 is 14.3 Å². The number of imide groups is 1. The summed E-state index contributed by atoms with van der Waals surface area (Å²) in [6, 6.07) is 8.12. The first-order chi connectivity index (χ1) is 10.7. The smallest absolute Gasteiger partial charge is 0.416 e. The van der Waals surface area contributed by atoms with Gasteiger partial charge in [-0.2, -0.15) is 0 Å². The lowest BCUT2D eigenvalue weighted by Crippen LogP contribution is -2.44. The molecule has 0 aromatic heterocycles. The Balaban J connectivity index is 2.18. The van der Waals surface area contributed by atoms with Gasteiger partial charge in [0.05, 0.1) is 6.04 Å². The molecule has 0 radical (unpaired) electrons. The molecule has 7 heteroatoms. The van der Waals surface area contributed by atoms with Crippen molar-refractivity contribution in [2.75, 3.05) is 6.61 Å². The van der Waals surface area contributed by atoms with Gasteiger partial charge in [-0.05, 0) is 23.9 Å². The van der Waals surface area contributed by atoms with Crippen molar-refractivity contribution in [1.82, 2.24) is 4.90 Å². The van der Waals surface area contributed by atoms with E-state index in [9.17, 15) is 9.59 Å². The molecular formula is C15H16N4O3. The molecule has 0 aliphatic carbocycles. The van der Waals surface area contributed by atoms with Gasteiger partial charge in [0, 0.05) is 4.91 Å². The third-order valence-electron chi connectivity index (χ3n) is 3.38. The Bertz CT molecular complexity index is 610. The van der Waals surface area contributed by atoms with E-state index < -0.39 is 24.1 Å². The number of amides is 2. The highest BCUT2D eigenvalue weighted by Crippen LogP contribution is 2.20. The first-order valence-corrected chi connectivity index (χ1v) is 6.86. The summed E-state index contributed by atoms with van der Waals surface area (Å²) in [5.74, 6) is -0.555. The van der Waals surface area contributed by atoms with Gasteiger partial charge in [-0.15, -0.1) is 6.58 Å². The van der Waals surface area contributed by atoms with E-state index in [4.69, 9.17) is 10.3 Å². The summed E-state index contributed by atoms with van der Waals surface area (Å²) in [6.45, 7) is 3.66. The number of hydrogen-bond acceptors (Lipinski definition) is 4. The maximum Gasteiger partial charge on any atom is 0.416 e. The number of nitrogens with zero attached hydrogens (tertiary/aromatic N) is 4. The summed E-state index contributed by atoms with van der Waals surface area (Å²) in [6.07, 6.45) is 1.44. The second kappa shape index (κ2) is 7.28. The zero-order chi connectivity index (χ0) is 15.9. The molecule has 1 aromatic carbocycles. The molecule has 1 aromatic rings. The first kappa shape index (κ1) is 15.6. The standard InChI is InChI=1S/C15H16N4O3/c1-2-6-13(17-18-16)14(20)19-12(10-22-15(19)21)9-11-7-4-3-5-8-11/h2-5,7-8,12-13H,1,6,9-10H2/t12-,13+/m0/s1. The molecular weight excluding hydrogens is 284 g/mol. The van der Waals surface area contributed by atoms with Crippen LogP contribution in [-0.2, 0) is 16.0 Å². The van der Waals surface area contributed by atoms with Gasteiger partial charge >= 0.3 is 6.09 Å². The van der Waals surface area contributed by atoms with E-state index in [2.05, 4.69) is 16.6 Å². The normalized spacial score (nSPS) is 18.3. The van der Waals surface area contributed by atoms with Gasteiger partial charge < -0.3 is 4.74 Å². The molecule has 0 bridgehead atoms. The molecule has 2 amide bonds. The van der Waals surface area contributed by atoms with Crippen molar-refractivity contribution in [2.45, 2.75) is 24.9 Å². The third kappa shape index (κ3) is 3.45. The quantitative estimate of drug-likeness (QED) is 0.350. The van der Waals surface area contributed by atoms with Gasteiger partial charge in [-0.25, -0.2) is 9.69 Å². The molecule has 114 valence electrons. The zero-order valence-corrected chi connectivity index (χ0v) is 12.0. The van der Waals surface area contributed by atoms with Gasteiger partial charge in [-0.3, -0.25) is 4.79 Å². The molecule has 2 atom stereocenters. The minimum absolute atomic E-state index is 0.135. The van der Waals surface area contributed by atoms with Gasteiger partial charge in [0.1, 0.15) is 12.6 Å². The van der Waals surface area contributed by atoms with Crippen molar-refractivity contribution in [3.05, 3.63) is 59.0 Å². The van der Waals surface area contributed by atoms with E-state index in [1.54, 1.807) is 0 Å². The molecule has 0 unspecified atom stereocenters. The summed E-state index contributed by atoms with van der Waals surface area (Å²) < 4.78 is 4.98. The topological polar surface area (TPSA) is 95.4 Å². The van der Waals surface area contributed by atoms with Crippen molar-refractivity contribution in [2.24, 2.45) is 5.11 Å². The Kier molecular flexibility index (Phi) is 5.16. The molecule has 0 spiro atoms. The number of ether oxygens (including phenoxy) is 1. The van der Waals surface area contributed by atoms with Crippen LogP contribution in [0.25, 0.3) is 10.4 Å². The lowest BCUT2D eigenvalue weighted by Gasteiger charge is -2.22. The minimum Gasteiger partial charge on any atom is -0.447 e. The van der Waals surface area contributed by atoms with Crippen LogP contribution < -0.4 is 0 Å². The molecule has 1 aliphatic heterocycles. The third-order valence-corrected chi connectivity index (χ3v) is 3.38. The molecule has 1 saturated heterocycles. The Morgan fingerprint density at radius 3 is 2.91 bits per heavy atom. The van der Waals surface area contributed by atoms with Crippen molar-refractivity contribution in [3.63, 3.8) is 0 Å². The molecule has 0 saturated carbocycles. The van der Waals surface area contributed by atoms with Crippen LogP contribution in [-0.4, -0.2) is 35.6 Å². The molecule has 1 aliphatic rings. The van der Waals surface area contributed by atoms with E-state index in [1.165, 1.54) is 6.08 Å². The summed E-state index contributed by atoms with van der Waals surface area (Å²) in [7, 11) is 0. The number of azide groups is 1. The highest BCUT2D eigenvalue weighted by atomic mass is 16.6. The maximum atomic E-state index is 12.4. The lowest BCUT2D eigenvalue weighted by molar-refractivity contribution is -0.130. The number of carbonyl (C=O) groups is 2. The predicted octanol–water partition coefficient (Wildman–Crippen LogP) is 2.83. The van der Waals surface area contributed by atoms with Crippen LogP contribution in [0.4, 0.5) is 4.79 Å². The van der Waals surface area contributed by atoms with Crippen molar-refractivity contribution in [3.8, 4) is 0 Å². The first-order valence-electron chi connectivity index (χ1n) is 6.86. The summed E-state index contributed by atoms with van der Waals surface area (Å²) >= 11 is 0. The number of cyclic esters (lactones) is 1. The molecule has 1 fully saturated rings. The summed E-state index contributed by atoms with van der Waals surface area (Å²) in [4.78, 5) is 28.0. The maximum absolute atomic E-state index is 12.4. The van der Waals surface area contributed by atoms with Crippen LogP contribution >= 0.6 is 0 Å². The fourth-order valence-electron chi connectivity index (χ4n) is 2.35. The Morgan fingerprint density at radius 2 is 2.27 bits per heavy atom. The Morgan fingerprint density at radius 1 is 1.55 bits per heavy atom. The largest absolute Gasteiger partial charge is 0.447 e. The summed E-state index contributed by atoms with van der Waals surface area (Å²) in [5, 5.41) is 3.44. The molecule has 22 heavy (non-hydrogen) atoms. The fraction of sp³-hybridized carbons (Fsp3) is 0.333. The summed E-state index contributed by atoms with van der Waals surface area (Å²) in [5.41, 5.74) is 9.55. The van der Waals surface area contributed by atoms with Crippen LogP contribution in [0.3, 0.4) is 0 Å². The second-order valence-corrected chi connectivity index (χ2v) is 4.87. The van der Waals surface area contributed by atoms with Crippen molar-refractivity contribution >= 4 is 12.0 Å². The Labute approximate surface area is 127 Å². The predicted molar refractivity (Wildman–Crippen MR) is 79.9 cm³/mol. The number of hydrogen-bond donors (Lipinski definition) is 0.